The monoisotopic (exact) mass is 388 g/mol. The van der Waals surface area contributed by atoms with E-state index in [1.165, 1.54) is 21.3 Å². The normalized spacial score (nSPS) is 11.3. The lowest BCUT2D eigenvalue weighted by molar-refractivity contribution is 0.0954. The van der Waals surface area contributed by atoms with Gasteiger partial charge in [-0.15, -0.1) is 0 Å². The number of carbonyl (C=O) groups is 1. The van der Waals surface area contributed by atoms with Gasteiger partial charge in [-0.05, 0) is 23.3 Å². The fourth-order valence-electron chi connectivity index (χ4n) is 3.50. The van der Waals surface area contributed by atoms with E-state index in [4.69, 9.17) is 14.2 Å². The van der Waals surface area contributed by atoms with Gasteiger partial charge in [-0.1, -0.05) is 48.5 Å². The number of hydrogen-bond acceptors (Lipinski definition) is 5. The van der Waals surface area contributed by atoms with Crippen molar-refractivity contribution in [2.24, 2.45) is 5.10 Å². The Morgan fingerprint density at radius 2 is 1.24 bits per heavy atom. The van der Waals surface area contributed by atoms with Crippen LogP contribution in [-0.2, 0) is 0 Å². The van der Waals surface area contributed by atoms with Crippen LogP contribution in [-0.4, -0.2) is 32.9 Å². The Morgan fingerprint density at radius 1 is 0.759 bits per heavy atom. The average Bonchev–Trinajstić information content (AvgIpc) is 3.10. The maximum Gasteiger partial charge on any atom is 0.271 e. The van der Waals surface area contributed by atoms with Crippen LogP contribution in [0.1, 0.15) is 21.5 Å². The van der Waals surface area contributed by atoms with E-state index < -0.39 is 0 Å². The van der Waals surface area contributed by atoms with Crippen LogP contribution in [0.2, 0.25) is 0 Å². The molecule has 0 unspecified atom stereocenters. The summed E-state index contributed by atoms with van der Waals surface area (Å²) in [6.07, 6.45) is 0. The van der Waals surface area contributed by atoms with Crippen LogP contribution in [0, 0.1) is 0 Å². The molecule has 1 aliphatic rings. The maximum atomic E-state index is 12.8. The SMILES string of the molecule is COc1cc(C(=O)NN=C2c3ccccc3-c3ccccc32)cc(OC)c1OC. The van der Waals surface area contributed by atoms with Crippen molar-refractivity contribution in [2.45, 2.75) is 0 Å². The highest BCUT2D eigenvalue weighted by Gasteiger charge is 2.24. The smallest absolute Gasteiger partial charge is 0.271 e. The van der Waals surface area contributed by atoms with Gasteiger partial charge in [0.2, 0.25) is 5.75 Å². The second kappa shape index (κ2) is 7.67. The number of fused-ring (bicyclic) bond motifs is 3. The Morgan fingerprint density at radius 3 is 1.69 bits per heavy atom. The fourth-order valence-corrected chi connectivity index (χ4v) is 3.50. The molecule has 0 aromatic heterocycles. The number of carbonyl (C=O) groups excluding carboxylic acids is 1. The van der Waals surface area contributed by atoms with Gasteiger partial charge in [-0.2, -0.15) is 5.10 Å². The van der Waals surface area contributed by atoms with E-state index in [1.54, 1.807) is 12.1 Å². The first-order valence-electron chi connectivity index (χ1n) is 9.05. The zero-order valence-corrected chi connectivity index (χ0v) is 16.4. The van der Waals surface area contributed by atoms with Crippen LogP contribution in [0.15, 0.2) is 65.8 Å². The van der Waals surface area contributed by atoms with Gasteiger partial charge in [0.15, 0.2) is 11.5 Å². The number of ether oxygens (including phenoxy) is 3. The Labute approximate surface area is 168 Å². The highest BCUT2D eigenvalue weighted by molar-refractivity contribution is 6.24. The van der Waals surface area contributed by atoms with E-state index in [2.05, 4.69) is 22.7 Å². The number of rotatable bonds is 5. The van der Waals surface area contributed by atoms with E-state index in [-0.39, 0.29) is 5.91 Å². The van der Waals surface area contributed by atoms with Crippen molar-refractivity contribution in [2.75, 3.05) is 21.3 Å². The first-order valence-corrected chi connectivity index (χ1v) is 9.05. The Balaban J connectivity index is 1.69. The lowest BCUT2D eigenvalue weighted by Gasteiger charge is -2.13. The molecule has 0 saturated heterocycles. The van der Waals surface area contributed by atoms with Gasteiger partial charge in [-0.25, -0.2) is 5.43 Å². The van der Waals surface area contributed by atoms with Gasteiger partial charge in [0.05, 0.1) is 27.0 Å². The molecule has 146 valence electrons. The summed E-state index contributed by atoms with van der Waals surface area (Å²) in [4.78, 5) is 12.8. The summed E-state index contributed by atoms with van der Waals surface area (Å²) in [6, 6.07) is 19.2. The standard InChI is InChI=1S/C23H20N2O4/c1-27-19-12-14(13-20(28-2)22(19)29-3)23(26)25-24-21-17-10-6-4-8-15(17)16-9-5-7-11-18(16)21/h4-13H,1-3H3,(H,25,26). The molecule has 0 radical (unpaired) electrons. The summed E-state index contributed by atoms with van der Waals surface area (Å²) >= 11 is 0. The molecular formula is C23H20N2O4. The largest absolute Gasteiger partial charge is 0.493 e. The molecule has 1 amide bonds. The molecule has 0 spiro atoms. The number of benzene rings is 3. The zero-order valence-electron chi connectivity index (χ0n) is 16.4. The Kier molecular flexibility index (Phi) is 4.91. The van der Waals surface area contributed by atoms with Crippen LogP contribution in [0.4, 0.5) is 0 Å². The molecule has 0 fully saturated rings. The summed E-state index contributed by atoms with van der Waals surface area (Å²) in [5.74, 6) is 0.859. The molecule has 3 aromatic carbocycles. The fraction of sp³-hybridized carbons (Fsp3) is 0.130. The van der Waals surface area contributed by atoms with E-state index >= 15 is 0 Å². The number of nitrogens with one attached hydrogen (secondary N) is 1. The van der Waals surface area contributed by atoms with Crippen molar-refractivity contribution in [3.05, 3.63) is 77.4 Å². The van der Waals surface area contributed by atoms with Gasteiger partial charge < -0.3 is 14.2 Å². The second-order valence-corrected chi connectivity index (χ2v) is 6.41. The van der Waals surface area contributed by atoms with Crippen molar-refractivity contribution >= 4 is 11.6 Å². The first kappa shape index (κ1) is 18.6. The topological polar surface area (TPSA) is 69.2 Å². The molecule has 29 heavy (non-hydrogen) atoms. The zero-order chi connectivity index (χ0) is 20.4. The van der Waals surface area contributed by atoms with Crippen LogP contribution < -0.4 is 19.6 Å². The Bertz CT molecular complexity index is 1050. The second-order valence-electron chi connectivity index (χ2n) is 6.41. The van der Waals surface area contributed by atoms with Crippen molar-refractivity contribution in [1.82, 2.24) is 5.43 Å². The number of amides is 1. The van der Waals surface area contributed by atoms with Crippen LogP contribution >= 0.6 is 0 Å². The third-order valence-electron chi connectivity index (χ3n) is 4.85. The number of hydrazone groups is 1. The third kappa shape index (κ3) is 3.18. The minimum Gasteiger partial charge on any atom is -0.493 e. The van der Waals surface area contributed by atoms with Gasteiger partial charge in [0, 0.05) is 16.7 Å². The summed E-state index contributed by atoms with van der Waals surface area (Å²) in [5.41, 5.74) is 7.92. The lowest BCUT2D eigenvalue weighted by atomic mass is 10.1. The number of nitrogens with zero attached hydrogens (tertiary/aromatic N) is 1. The van der Waals surface area contributed by atoms with Gasteiger partial charge >= 0.3 is 0 Å². The number of methoxy groups -OCH3 is 3. The molecule has 6 heteroatoms. The summed E-state index contributed by atoms with van der Waals surface area (Å²) < 4.78 is 15.9. The van der Waals surface area contributed by atoms with Gasteiger partial charge in [0.25, 0.3) is 5.91 Å². The molecule has 0 aliphatic heterocycles. The van der Waals surface area contributed by atoms with Crippen LogP contribution in [0.3, 0.4) is 0 Å². The minimum atomic E-state index is -0.376. The van der Waals surface area contributed by atoms with Crippen molar-refractivity contribution in [3.63, 3.8) is 0 Å². The highest BCUT2D eigenvalue weighted by Crippen LogP contribution is 2.38. The molecule has 3 aromatic rings. The predicted molar refractivity (Wildman–Crippen MR) is 111 cm³/mol. The van der Waals surface area contributed by atoms with E-state index in [0.29, 0.717) is 22.8 Å². The molecule has 6 nitrogen and oxygen atoms in total. The molecule has 0 bridgehead atoms. The molecular weight excluding hydrogens is 368 g/mol. The molecule has 0 heterocycles. The quantitative estimate of drug-likeness (QED) is 0.527. The minimum absolute atomic E-state index is 0.350. The van der Waals surface area contributed by atoms with Crippen molar-refractivity contribution in [1.29, 1.82) is 0 Å². The lowest BCUT2D eigenvalue weighted by Crippen LogP contribution is -2.20. The summed E-state index contributed by atoms with van der Waals surface area (Å²) in [7, 11) is 4.53. The summed E-state index contributed by atoms with van der Waals surface area (Å²) in [5, 5.41) is 4.44. The Hall–Kier alpha value is -3.80. The third-order valence-corrected chi connectivity index (χ3v) is 4.85. The van der Waals surface area contributed by atoms with Gasteiger partial charge in [-0.3, -0.25) is 4.79 Å². The van der Waals surface area contributed by atoms with E-state index in [1.807, 2.05) is 36.4 Å². The average molecular weight is 388 g/mol. The molecule has 0 saturated carbocycles. The molecule has 1 aliphatic carbocycles. The summed E-state index contributed by atoms with van der Waals surface area (Å²) in [6.45, 7) is 0. The maximum absolute atomic E-state index is 12.8. The molecule has 1 N–H and O–H groups in total. The van der Waals surface area contributed by atoms with Crippen LogP contribution in [0.5, 0.6) is 17.2 Å². The van der Waals surface area contributed by atoms with E-state index in [9.17, 15) is 4.79 Å². The molecule has 0 atom stereocenters. The van der Waals surface area contributed by atoms with E-state index in [0.717, 1.165) is 28.0 Å². The van der Waals surface area contributed by atoms with Crippen molar-refractivity contribution in [3.8, 4) is 28.4 Å². The van der Waals surface area contributed by atoms with Crippen LogP contribution in [0.25, 0.3) is 11.1 Å². The molecule has 4 rings (SSSR count). The first-order chi connectivity index (χ1) is 14.2. The van der Waals surface area contributed by atoms with Gasteiger partial charge in [0.1, 0.15) is 0 Å². The predicted octanol–water partition coefficient (Wildman–Crippen LogP) is 3.88. The highest BCUT2D eigenvalue weighted by atomic mass is 16.5. The number of hydrogen-bond donors (Lipinski definition) is 1. The van der Waals surface area contributed by atoms with Crippen molar-refractivity contribution < 1.29 is 19.0 Å².